The average Bonchev–Trinajstić information content (AvgIpc) is 3.52. The van der Waals surface area contributed by atoms with E-state index in [1.807, 2.05) is 12.3 Å². The van der Waals surface area contributed by atoms with Crippen LogP contribution in [0.5, 0.6) is 11.5 Å². The van der Waals surface area contributed by atoms with Gasteiger partial charge >= 0.3 is 0 Å². The number of hydrogen-bond donors (Lipinski definition) is 1. The molecule has 1 atom stereocenters. The van der Waals surface area contributed by atoms with Crippen LogP contribution in [-0.2, 0) is 12.0 Å². The molecule has 1 aromatic heterocycles. The first-order valence-corrected chi connectivity index (χ1v) is 14.3. The molecule has 1 aliphatic carbocycles. The van der Waals surface area contributed by atoms with Crippen molar-refractivity contribution in [3.63, 3.8) is 0 Å². The number of likely N-dealkylation sites (tertiary alicyclic amines) is 1. The number of anilines is 1. The van der Waals surface area contributed by atoms with Crippen LogP contribution in [0.2, 0.25) is 0 Å². The Labute approximate surface area is 232 Å². The summed E-state index contributed by atoms with van der Waals surface area (Å²) in [7, 11) is 2.22. The summed E-state index contributed by atoms with van der Waals surface area (Å²) in [6.07, 6.45) is 6.49. The minimum atomic E-state index is -0.140. The van der Waals surface area contributed by atoms with Crippen LogP contribution in [0.15, 0.2) is 60.8 Å². The first-order valence-electron chi connectivity index (χ1n) is 14.3. The Bertz CT molecular complexity index is 1270. The maximum atomic E-state index is 6.13. The van der Waals surface area contributed by atoms with Crippen molar-refractivity contribution in [2.75, 3.05) is 38.1 Å². The van der Waals surface area contributed by atoms with Gasteiger partial charge in [-0.25, -0.2) is 9.97 Å². The molecule has 0 amide bonds. The summed E-state index contributed by atoms with van der Waals surface area (Å²) in [5.74, 6) is 2.58. The topological polar surface area (TPSA) is 76.7 Å². The van der Waals surface area contributed by atoms with Crippen molar-refractivity contribution in [3.8, 4) is 11.5 Å². The summed E-state index contributed by atoms with van der Waals surface area (Å²) in [5, 5.41) is 0. The third-order valence-electron chi connectivity index (χ3n) is 9.02. The lowest BCUT2D eigenvalue weighted by atomic mass is 9.78. The maximum Gasteiger partial charge on any atom is 0.225 e. The molecule has 7 heteroatoms. The Morgan fingerprint density at radius 2 is 1.59 bits per heavy atom. The summed E-state index contributed by atoms with van der Waals surface area (Å²) in [6, 6.07) is 19.1. The Morgan fingerprint density at radius 3 is 2.23 bits per heavy atom. The summed E-state index contributed by atoms with van der Waals surface area (Å²) in [6.45, 7) is 9.36. The molecule has 39 heavy (non-hydrogen) atoms. The van der Waals surface area contributed by atoms with Crippen LogP contribution in [0, 0.1) is 5.41 Å². The molecule has 206 valence electrons. The quantitative estimate of drug-likeness (QED) is 0.452. The molecular formula is C32H41N5O2. The molecule has 3 aliphatic rings. The highest BCUT2D eigenvalue weighted by Crippen LogP contribution is 2.40. The standard InChI is InChI=1S/C32H41N5O2/c1-31(2,24-6-10-28(11-7-24)39-29-18-25(33)19-29)23-4-8-27(9-5-23)38-20-26-12-15-34-30(35-26)37-17-14-32(22-37)13-16-36(3)21-32/h4-12,15,25,29H,13-14,16-22,33H2,1-3H3. The van der Waals surface area contributed by atoms with Gasteiger partial charge in [-0.05, 0) is 80.7 Å². The van der Waals surface area contributed by atoms with Gasteiger partial charge in [-0.1, -0.05) is 38.1 Å². The van der Waals surface area contributed by atoms with E-state index in [9.17, 15) is 0 Å². The molecule has 0 radical (unpaired) electrons. The lowest BCUT2D eigenvalue weighted by Crippen LogP contribution is -2.43. The number of rotatable bonds is 8. The molecule has 1 saturated carbocycles. The zero-order chi connectivity index (χ0) is 27.0. The summed E-state index contributed by atoms with van der Waals surface area (Å²) in [5.41, 5.74) is 9.53. The van der Waals surface area contributed by atoms with Crippen molar-refractivity contribution in [1.29, 1.82) is 0 Å². The SMILES string of the molecule is CN1CCC2(CCN(c3nccc(COc4ccc(C(C)(C)c5ccc(OC6CC(N)C6)cc5)cc4)n3)C2)C1. The van der Waals surface area contributed by atoms with Crippen LogP contribution >= 0.6 is 0 Å². The Kier molecular flexibility index (Phi) is 6.98. The van der Waals surface area contributed by atoms with E-state index in [-0.39, 0.29) is 11.5 Å². The van der Waals surface area contributed by atoms with Gasteiger partial charge < -0.3 is 25.0 Å². The minimum absolute atomic E-state index is 0.140. The first-order chi connectivity index (χ1) is 18.8. The normalized spacial score (nSPS) is 25.2. The molecule has 6 rings (SSSR count). The second-order valence-electron chi connectivity index (χ2n) is 12.4. The van der Waals surface area contributed by atoms with Crippen LogP contribution in [0.4, 0.5) is 5.95 Å². The molecule has 2 saturated heterocycles. The van der Waals surface area contributed by atoms with Crippen molar-refractivity contribution < 1.29 is 9.47 Å². The summed E-state index contributed by atoms with van der Waals surface area (Å²) < 4.78 is 12.2. The second-order valence-corrected chi connectivity index (χ2v) is 12.4. The summed E-state index contributed by atoms with van der Waals surface area (Å²) >= 11 is 0. The van der Waals surface area contributed by atoms with Crippen molar-refractivity contribution in [2.24, 2.45) is 11.1 Å². The fraction of sp³-hybridized carbons (Fsp3) is 0.500. The lowest BCUT2D eigenvalue weighted by molar-refractivity contribution is 0.101. The number of aromatic nitrogens is 2. The predicted octanol–water partition coefficient (Wildman–Crippen LogP) is 4.78. The molecule has 3 fully saturated rings. The highest BCUT2D eigenvalue weighted by molar-refractivity contribution is 5.42. The third-order valence-corrected chi connectivity index (χ3v) is 9.02. The lowest BCUT2D eigenvalue weighted by Gasteiger charge is -2.33. The number of ether oxygens (including phenoxy) is 2. The van der Waals surface area contributed by atoms with Crippen molar-refractivity contribution >= 4 is 5.95 Å². The molecule has 1 spiro atoms. The largest absolute Gasteiger partial charge is 0.490 e. The van der Waals surface area contributed by atoms with Gasteiger partial charge in [0.05, 0.1) is 5.69 Å². The number of nitrogens with two attached hydrogens (primary N) is 1. The Hall–Kier alpha value is -3.16. The van der Waals surface area contributed by atoms with Gasteiger partial charge in [0.25, 0.3) is 0 Å². The first kappa shape index (κ1) is 26.1. The number of nitrogens with zero attached hydrogens (tertiary/aromatic N) is 4. The Balaban J connectivity index is 1.05. The fourth-order valence-corrected chi connectivity index (χ4v) is 6.35. The van der Waals surface area contributed by atoms with Gasteiger partial charge in [-0.2, -0.15) is 0 Å². The van der Waals surface area contributed by atoms with Gasteiger partial charge in [0, 0.05) is 42.7 Å². The second kappa shape index (κ2) is 10.4. The highest BCUT2D eigenvalue weighted by atomic mass is 16.5. The van der Waals surface area contributed by atoms with Gasteiger partial charge in [-0.15, -0.1) is 0 Å². The van der Waals surface area contributed by atoms with Crippen LogP contribution in [-0.4, -0.2) is 60.2 Å². The number of benzene rings is 2. The van der Waals surface area contributed by atoms with Crippen molar-refractivity contribution in [2.45, 2.75) is 63.7 Å². The van der Waals surface area contributed by atoms with Gasteiger partial charge in [0.1, 0.15) is 24.2 Å². The smallest absolute Gasteiger partial charge is 0.225 e. The van der Waals surface area contributed by atoms with E-state index in [1.54, 1.807) is 0 Å². The minimum Gasteiger partial charge on any atom is -0.490 e. The fourth-order valence-electron chi connectivity index (χ4n) is 6.35. The predicted molar refractivity (Wildman–Crippen MR) is 154 cm³/mol. The zero-order valence-electron chi connectivity index (χ0n) is 23.5. The van der Waals surface area contributed by atoms with E-state index in [4.69, 9.17) is 20.2 Å². The van der Waals surface area contributed by atoms with E-state index in [2.05, 4.69) is 84.2 Å². The Morgan fingerprint density at radius 1 is 0.923 bits per heavy atom. The average molecular weight is 528 g/mol. The van der Waals surface area contributed by atoms with E-state index in [0.717, 1.165) is 49.1 Å². The van der Waals surface area contributed by atoms with Crippen LogP contribution in [0.1, 0.15) is 56.4 Å². The van der Waals surface area contributed by atoms with Crippen molar-refractivity contribution in [3.05, 3.63) is 77.6 Å². The molecule has 2 aromatic carbocycles. The van der Waals surface area contributed by atoms with Crippen LogP contribution in [0.3, 0.4) is 0 Å². The van der Waals surface area contributed by atoms with Crippen LogP contribution < -0.4 is 20.1 Å². The van der Waals surface area contributed by atoms with E-state index in [0.29, 0.717) is 18.1 Å². The molecule has 3 aromatic rings. The van der Waals surface area contributed by atoms with E-state index in [1.165, 1.54) is 37.1 Å². The third kappa shape index (κ3) is 5.61. The number of hydrogen-bond acceptors (Lipinski definition) is 7. The molecule has 2 aliphatic heterocycles. The van der Waals surface area contributed by atoms with E-state index < -0.39 is 0 Å². The van der Waals surface area contributed by atoms with Gasteiger partial charge in [0.2, 0.25) is 5.95 Å². The van der Waals surface area contributed by atoms with Crippen LogP contribution in [0.25, 0.3) is 0 Å². The van der Waals surface area contributed by atoms with Gasteiger partial charge in [-0.3, -0.25) is 0 Å². The summed E-state index contributed by atoms with van der Waals surface area (Å²) in [4.78, 5) is 14.2. The monoisotopic (exact) mass is 527 g/mol. The highest BCUT2D eigenvalue weighted by Gasteiger charge is 2.43. The molecule has 1 unspecified atom stereocenters. The molecule has 2 N–H and O–H groups in total. The molecule has 7 nitrogen and oxygen atoms in total. The zero-order valence-corrected chi connectivity index (χ0v) is 23.5. The van der Waals surface area contributed by atoms with Crippen molar-refractivity contribution in [1.82, 2.24) is 14.9 Å². The molecule has 0 bridgehead atoms. The van der Waals surface area contributed by atoms with E-state index >= 15 is 0 Å². The molecule has 3 heterocycles. The van der Waals surface area contributed by atoms with Gasteiger partial charge in [0.15, 0.2) is 0 Å². The molecular weight excluding hydrogens is 486 g/mol. The maximum absolute atomic E-state index is 6.13.